The summed E-state index contributed by atoms with van der Waals surface area (Å²) in [6, 6.07) is 9.00. The molecule has 0 amide bonds. The summed E-state index contributed by atoms with van der Waals surface area (Å²) in [7, 11) is 0. The van der Waals surface area contributed by atoms with E-state index in [1.54, 1.807) is 0 Å². The van der Waals surface area contributed by atoms with E-state index in [0.717, 1.165) is 24.3 Å². The molecule has 0 bridgehead atoms. The predicted molar refractivity (Wildman–Crippen MR) is 78.2 cm³/mol. The van der Waals surface area contributed by atoms with Gasteiger partial charge < -0.3 is 4.74 Å². The largest absolute Gasteiger partial charge is 0.377 e. The van der Waals surface area contributed by atoms with Crippen molar-refractivity contribution in [1.82, 2.24) is 0 Å². The summed E-state index contributed by atoms with van der Waals surface area (Å²) < 4.78 is 6.05. The third kappa shape index (κ3) is 2.37. The maximum absolute atomic E-state index is 6.05. The summed E-state index contributed by atoms with van der Waals surface area (Å²) in [5.74, 6) is 0.829. The van der Waals surface area contributed by atoms with Crippen molar-refractivity contribution in [2.75, 3.05) is 11.9 Å². The van der Waals surface area contributed by atoms with Crippen molar-refractivity contribution in [2.24, 2.45) is 11.3 Å². The van der Waals surface area contributed by atoms with Crippen molar-refractivity contribution in [3.8, 4) is 0 Å². The Hall–Kier alpha value is -0.340. The van der Waals surface area contributed by atoms with Gasteiger partial charge in [0, 0.05) is 17.4 Å². The molecular formula is C16H21BrO. The smallest absolute Gasteiger partial charge is 0.0671 e. The van der Waals surface area contributed by atoms with E-state index < -0.39 is 0 Å². The van der Waals surface area contributed by atoms with E-state index in [1.165, 1.54) is 30.4 Å². The molecule has 1 aliphatic heterocycles. The van der Waals surface area contributed by atoms with Gasteiger partial charge in [0.1, 0.15) is 0 Å². The first kappa shape index (κ1) is 12.7. The van der Waals surface area contributed by atoms with Gasteiger partial charge in [-0.3, -0.25) is 0 Å². The Labute approximate surface area is 118 Å². The van der Waals surface area contributed by atoms with E-state index in [-0.39, 0.29) is 0 Å². The Morgan fingerprint density at radius 1 is 1.28 bits per heavy atom. The summed E-state index contributed by atoms with van der Waals surface area (Å²) in [5.41, 5.74) is 3.13. The van der Waals surface area contributed by atoms with Gasteiger partial charge in [0.25, 0.3) is 0 Å². The van der Waals surface area contributed by atoms with Crippen LogP contribution >= 0.6 is 15.9 Å². The zero-order valence-electron chi connectivity index (χ0n) is 11.0. The summed E-state index contributed by atoms with van der Waals surface area (Å²) in [5, 5.41) is 1.06. The summed E-state index contributed by atoms with van der Waals surface area (Å²) in [6.45, 7) is 3.09. The standard InChI is InChI=1S/C16H21BrO/c1-12-2-4-13(5-3-12)10-16(11-17)8-9-18-15(16)14-6-7-14/h2-5,14-15H,6-11H2,1H3. The SMILES string of the molecule is Cc1ccc(CC2(CBr)CCOC2C2CC2)cc1. The Bertz CT molecular complexity index is 410. The molecule has 98 valence electrons. The van der Waals surface area contributed by atoms with Crippen LogP contribution < -0.4 is 0 Å². The molecule has 18 heavy (non-hydrogen) atoms. The zero-order valence-corrected chi connectivity index (χ0v) is 12.6. The van der Waals surface area contributed by atoms with E-state index >= 15 is 0 Å². The molecule has 1 saturated carbocycles. The van der Waals surface area contributed by atoms with Gasteiger partial charge in [0.15, 0.2) is 0 Å². The number of halogens is 1. The fourth-order valence-electron chi connectivity index (χ4n) is 3.23. The molecular weight excluding hydrogens is 288 g/mol. The highest BCUT2D eigenvalue weighted by Crippen LogP contribution is 2.50. The number of benzene rings is 1. The van der Waals surface area contributed by atoms with Crippen molar-refractivity contribution < 1.29 is 4.74 Å². The van der Waals surface area contributed by atoms with E-state index in [9.17, 15) is 0 Å². The molecule has 0 aromatic heterocycles. The molecule has 2 fully saturated rings. The zero-order chi connectivity index (χ0) is 12.6. The van der Waals surface area contributed by atoms with Crippen molar-refractivity contribution in [3.05, 3.63) is 35.4 Å². The lowest BCUT2D eigenvalue weighted by Gasteiger charge is -2.32. The summed E-state index contributed by atoms with van der Waals surface area (Å²) >= 11 is 3.76. The Kier molecular flexibility index (Phi) is 3.50. The molecule has 2 heteroatoms. The molecule has 0 spiro atoms. The minimum atomic E-state index is 0.330. The Morgan fingerprint density at radius 2 is 2.00 bits per heavy atom. The van der Waals surface area contributed by atoms with Crippen LogP contribution in [0, 0.1) is 18.3 Å². The van der Waals surface area contributed by atoms with Gasteiger partial charge in [0.05, 0.1) is 6.10 Å². The molecule has 1 saturated heterocycles. The Balaban J connectivity index is 1.80. The number of hydrogen-bond acceptors (Lipinski definition) is 1. The quantitative estimate of drug-likeness (QED) is 0.760. The number of alkyl halides is 1. The minimum Gasteiger partial charge on any atom is -0.377 e. The van der Waals surface area contributed by atoms with Crippen LogP contribution in [0.15, 0.2) is 24.3 Å². The van der Waals surface area contributed by atoms with Gasteiger partial charge in [-0.2, -0.15) is 0 Å². The van der Waals surface area contributed by atoms with Gasteiger partial charge in [-0.1, -0.05) is 45.8 Å². The molecule has 0 N–H and O–H groups in total. The normalized spacial score (nSPS) is 31.8. The molecule has 1 nitrogen and oxygen atoms in total. The van der Waals surface area contributed by atoms with Crippen LogP contribution in [0.2, 0.25) is 0 Å². The number of rotatable bonds is 4. The second-order valence-electron chi connectivity index (χ2n) is 6.04. The van der Waals surface area contributed by atoms with E-state index in [0.29, 0.717) is 11.5 Å². The van der Waals surface area contributed by atoms with Gasteiger partial charge in [0.2, 0.25) is 0 Å². The van der Waals surface area contributed by atoms with Gasteiger partial charge >= 0.3 is 0 Å². The third-order valence-electron chi connectivity index (χ3n) is 4.49. The topological polar surface area (TPSA) is 9.23 Å². The molecule has 0 radical (unpaired) electrons. The molecule has 1 aromatic carbocycles. The summed E-state index contributed by atoms with van der Waals surface area (Å²) in [6.07, 6.45) is 5.58. The third-order valence-corrected chi connectivity index (χ3v) is 5.61. The first-order valence-corrected chi connectivity index (χ1v) is 8.09. The average Bonchev–Trinajstić information content (AvgIpc) is 3.14. The maximum atomic E-state index is 6.05. The number of ether oxygens (including phenoxy) is 1. The molecule has 3 rings (SSSR count). The van der Waals surface area contributed by atoms with Gasteiger partial charge in [-0.25, -0.2) is 0 Å². The van der Waals surface area contributed by atoms with E-state index in [1.807, 2.05) is 0 Å². The van der Waals surface area contributed by atoms with Crippen LogP contribution in [-0.4, -0.2) is 18.0 Å². The van der Waals surface area contributed by atoms with Crippen LogP contribution in [0.4, 0.5) is 0 Å². The highest BCUT2D eigenvalue weighted by atomic mass is 79.9. The molecule has 1 aromatic rings. The van der Waals surface area contributed by atoms with E-state index in [2.05, 4.69) is 47.1 Å². The first-order chi connectivity index (χ1) is 8.73. The van der Waals surface area contributed by atoms with Crippen molar-refractivity contribution >= 4 is 15.9 Å². The summed E-state index contributed by atoms with van der Waals surface area (Å²) in [4.78, 5) is 0. The van der Waals surface area contributed by atoms with Crippen LogP contribution in [0.3, 0.4) is 0 Å². The maximum Gasteiger partial charge on any atom is 0.0671 e. The van der Waals surface area contributed by atoms with E-state index in [4.69, 9.17) is 4.74 Å². The molecule has 2 atom stereocenters. The number of hydrogen-bond donors (Lipinski definition) is 0. The molecule has 1 heterocycles. The van der Waals surface area contributed by atoms with Crippen LogP contribution in [0.1, 0.15) is 30.4 Å². The van der Waals surface area contributed by atoms with Gasteiger partial charge in [-0.05, 0) is 44.1 Å². The first-order valence-electron chi connectivity index (χ1n) is 6.97. The molecule has 2 unspecified atom stereocenters. The van der Waals surface area contributed by atoms with Crippen LogP contribution in [0.5, 0.6) is 0 Å². The fourth-order valence-corrected chi connectivity index (χ4v) is 4.03. The second-order valence-corrected chi connectivity index (χ2v) is 6.60. The Morgan fingerprint density at radius 3 is 2.61 bits per heavy atom. The highest BCUT2D eigenvalue weighted by molar-refractivity contribution is 9.09. The number of aryl methyl sites for hydroxylation is 1. The monoisotopic (exact) mass is 308 g/mol. The lowest BCUT2D eigenvalue weighted by molar-refractivity contribution is 0.0413. The average molecular weight is 309 g/mol. The van der Waals surface area contributed by atoms with Crippen LogP contribution in [-0.2, 0) is 11.2 Å². The minimum absolute atomic E-state index is 0.330. The molecule has 1 aliphatic carbocycles. The van der Waals surface area contributed by atoms with Crippen LogP contribution in [0.25, 0.3) is 0 Å². The molecule has 2 aliphatic rings. The van der Waals surface area contributed by atoms with Crippen molar-refractivity contribution in [1.29, 1.82) is 0 Å². The van der Waals surface area contributed by atoms with Crippen molar-refractivity contribution in [3.63, 3.8) is 0 Å². The van der Waals surface area contributed by atoms with Gasteiger partial charge in [-0.15, -0.1) is 0 Å². The van der Waals surface area contributed by atoms with Crippen molar-refractivity contribution in [2.45, 2.75) is 38.7 Å². The highest BCUT2D eigenvalue weighted by Gasteiger charge is 2.50. The second kappa shape index (κ2) is 4.97. The lowest BCUT2D eigenvalue weighted by atomic mass is 9.76. The predicted octanol–water partition coefficient (Wildman–Crippen LogP) is 4.12. The fraction of sp³-hybridized carbons (Fsp3) is 0.625. The lowest BCUT2D eigenvalue weighted by Crippen LogP contribution is -2.36.